The van der Waals surface area contributed by atoms with E-state index in [-0.39, 0.29) is 11.9 Å². The van der Waals surface area contributed by atoms with Crippen molar-refractivity contribution in [2.45, 2.75) is 19.9 Å². The van der Waals surface area contributed by atoms with Crippen LogP contribution in [0.2, 0.25) is 10.0 Å². The van der Waals surface area contributed by atoms with Crippen LogP contribution in [0.25, 0.3) is 0 Å². The number of halogens is 2. The van der Waals surface area contributed by atoms with Crippen molar-refractivity contribution in [3.63, 3.8) is 0 Å². The third kappa shape index (κ3) is 4.19. The number of benzene rings is 1. The van der Waals surface area contributed by atoms with Crippen LogP contribution in [0.1, 0.15) is 24.2 Å². The van der Waals surface area contributed by atoms with Crippen LogP contribution >= 0.6 is 23.2 Å². The zero-order valence-electron chi connectivity index (χ0n) is 9.84. The highest BCUT2D eigenvalue weighted by atomic mass is 35.5. The Labute approximate surface area is 111 Å². The first kappa shape index (κ1) is 14.3. The van der Waals surface area contributed by atoms with Gasteiger partial charge in [-0.05, 0) is 24.1 Å². The van der Waals surface area contributed by atoms with Gasteiger partial charge in [0.2, 0.25) is 0 Å². The fourth-order valence-corrected chi connectivity index (χ4v) is 1.71. The molecule has 0 saturated heterocycles. The average molecular weight is 275 g/mol. The first-order valence-electron chi connectivity index (χ1n) is 5.40. The summed E-state index contributed by atoms with van der Waals surface area (Å²) >= 11 is 11.7. The molecule has 3 N–H and O–H groups in total. The molecule has 1 amide bonds. The van der Waals surface area contributed by atoms with E-state index in [1.807, 2.05) is 13.8 Å². The summed E-state index contributed by atoms with van der Waals surface area (Å²) in [6.45, 7) is 4.44. The van der Waals surface area contributed by atoms with Gasteiger partial charge in [-0.1, -0.05) is 37.0 Å². The van der Waals surface area contributed by atoms with Crippen LogP contribution in [0, 0.1) is 5.92 Å². The third-order valence-corrected chi connectivity index (χ3v) is 3.08. The normalized spacial score (nSPS) is 12.6. The maximum absolute atomic E-state index is 11.8. The second-order valence-electron chi connectivity index (χ2n) is 4.24. The molecule has 0 radical (unpaired) electrons. The van der Waals surface area contributed by atoms with Crippen LogP contribution in [0.4, 0.5) is 0 Å². The van der Waals surface area contributed by atoms with E-state index in [0.717, 1.165) is 0 Å². The van der Waals surface area contributed by atoms with Crippen LogP contribution in [0.15, 0.2) is 18.2 Å². The third-order valence-electron chi connectivity index (χ3n) is 2.53. The Morgan fingerprint density at radius 3 is 2.59 bits per heavy atom. The monoisotopic (exact) mass is 274 g/mol. The van der Waals surface area contributed by atoms with Gasteiger partial charge in [-0.15, -0.1) is 0 Å². The van der Waals surface area contributed by atoms with Gasteiger partial charge >= 0.3 is 0 Å². The second kappa shape index (κ2) is 6.24. The van der Waals surface area contributed by atoms with E-state index in [9.17, 15) is 4.79 Å². The summed E-state index contributed by atoms with van der Waals surface area (Å²) in [6.07, 6.45) is 0. The van der Waals surface area contributed by atoms with Crippen LogP contribution < -0.4 is 11.1 Å². The number of carbonyl (C=O) groups excluding carboxylic acids is 1. The molecule has 0 aliphatic carbocycles. The molecule has 1 aromatic rings. The molecule has 0 aliphatic heterocycles. The molecule has 0 aromatic heterocycles. The summed E-state index contributed by atoms with van der Waals surface area (Å²) in [5.74, 6) is 0.0822. The van der Waals surface area contributed by atoms with E-state index < -0.39 is 0 Å². The van der Waals surface area contributed by atoms with Crippen molar-refractivity contribution >= 4 is 29.1 Å². The van der Waals surface area contributed by atoms with E-state index in [1.165, 1.54) is 0 Å². The largest absolute Gasteiger partial charge is 0.350 e. The number of nitrogens with two attached hydrogens (primary N) is 1. The highest BCUT2D eigenvalue weighted by molar-refractivity contribution is 6.36. The van der Waals surface area contributed by atoms with Crippen LogP contribution in [0.3, 0.4) is 0 Å². The summed E-state index contributed by atoms with van der Waals surface area (Å²) in [5, 5.41) is 3.59. The second-order valence-corrected chi connectivity index (χ2v) is 5.09. The minimum absolute atomic E-state index is 0.0648. The van der Waals surface area contributed by atoms with Crippen molar-refractivity contribution in [2.75, 3.05) is 6.54 Å². The minimum atomic E-state index is -0.234. The summed E-state index contributed by atoms with van der Waals surface area (Å²) in [6, 6.07) is 4.71. The van der Waals surface area contributed by atoms with Crippen LogP contribution in [0.5, 0.6) is 0 Å². The number of nitrogens with one attached hydrogen (secondary N) is 1. The average Bonchev–Trinajstić information content (AvgIpc) is 2.25. The molecule has 0 saturated carbocycles. The minimum Gasteiger partial charge on any atom is -0.350 e. The van der Waals surface area contributed by atoms with Gasteiger partial charge in [-0.2, -0.15) is 0 Å². The van der Waals surface area contributed by atoms with E-state index >= 15 is 0 Å². The summed E-state index contributed by atoms with van der Waals surface area (Å²) in [4.78, 5) is 11.8. The lowest BCUT2D eigenvalue weighted by Crippen LogP contribution is -2.40. The molecule has 0 aliphatic rings. The molecular weight excluding hydrogens is 259 g/mol. The lowest BCUT2D eigenvalue weighted by Gasteiger charge is -2.16. The van der Waals surface area contributed by atoms with Crippen molar-refractivity contribution in [2.24, 2.45) is 11.7 Å². The summed E-state index contributed by atoms with van der Waals surface area (Å²) in [5.41, 5.74) is 6.25. The molecule has 0 bridgehead atoms. The maximum atomic E-state index is 11.8. The van der Waals surface area contributed by atoms with Gasteiger partial charge in [0, 0.05) is 17.6 Å². The molecule has 17 heavy (non-hydrogen) atoms. The Morgan fingerprint density at radius 1 is 1.41 bits per heavy atom. The van der Waals surface area contributed by atoms with E-state index in [1.54, 1.807) is 18.2 Å². The predicted molar refractivity (Wildman–Crippen MR) is 71.6 cm³/mol. The molecule has 0 spiro atoms. The number of amides is 1. The van der Waals surface area contributed by atoms with E-state index in [2.05, 4.69) is 5.32 Å². The molecule has 1 atom stereocenters. The fraction of sp³-hybridized carbons (Fsp3) is 0.417. The fourth-order valence-electron chi connectivity index (χ4n) is 1.22. The number of carbonyl (C=O) groups is 1. The topological polar surface area (TPSA) is 55.1 Å². The zero-order chi connectivity index (χ0) is 13.0. The van der Waals surface area contributed by atoms with Crippen molar-refractivity contribution in [3.8, 4) is 0 Å². The van der Waals surface area contributed by atoms with Gasteiger partial charge in [0.1, 0.15) is 0 Å². The van der Waals surface area contributed by atoms with Crippen molar-refractivity contribution < 1.29 is 4.79 Å². The van der Waals surface area contributed by atoms with Crippen LogP contribution in [-0.4, -0.2) is 18.5 Å². The number of hydrogen-bond donors (Lipinski definition) is 2. The maximum Gasteiger partial charge on any atom is 0.252 e. The first-order chi connectivity index (χ1) is 7.91. The molecule has 1 unspecified atom stereocenters. The number of rotatable bonds is 4. The van der Waals surface area contributed by atoms with Gasteiger partial charge in [0.05, 0.1) is 10.6 Å². The van der Waals surface area contributed by atoms with Crippen molar-refractivity contribution in [1.29, 1.82) is 0 Å². The SMILES string of the molecule is CC(C)C(N)CNC(=O)c1ccc(Cl)cc1Cl. The zero-order valence-corrected chi connectivity index (χ0v) is 11.3. The van der Waals surface area contributed by atoms with Crippen LogP contribution in [-0.2, 0) is 0 Å². The molecule has 94 valence electrons. The lowest BCUT2D eigenvalue weighted by molar-refractivity contribution is 0.0949. The Kier molecular flexibility index (Phi) is 5.25. The van der Waals surface area contributed by atoms with Crippen molar-refractivity contribution in [1.82, 2.24) is 5.32 Å². The standard InChI is InChI=1S/C12H16Cl2N2O/c1-7(2)11(15)6-16-12(17)9-4-3-8(13)5-10(9)14/h3-5,7,11H,6,15H2,1-2H3,(H,16,17). The Bertz CT molecular complexity index is 407. The molecular formula is C12H16Cl2N2O. The molecule has 1 rings (SSSR count). The van der Waals surface area contributed by atoms with Gasteiger partial charge < -0.3 is 11.1 Å². The van der Waals surface area contributed by atoms with Gasteiger partial charge in [0.15, 0.2) is 0 Å². The smallest absolute Gasteiger partial charge is 0.252 e. The first-order valence-corrected chi connectivity index (χ1v) is 6.16. The molecule has 3 nitrogen and oxygen atoms in total. The highest BCUT2D eigenvalue weighted by Gasteiger charge is 2.13. The molecule has 0 heterocycles. The Hall–Kier alpha value is -0.770. The lowest BCUT2D eigenvalue weighted by atomic mass is 10.1. The molecule has 0 fully saturated rings. The Morgan fingerprint density at radius 2 is 2.06 bits per heavy atom. The van der Waals surface area contributed by atoms with Gasteiger partial charge in [-0.3, -0.25) is 4.79 Å². The molecule has 1 aromatic carbocycles. The van der Waals surface area contributed by atoms with Gasteiger partial charge in [0.25, 0.3) is 5.91 Å². The number of hydrogen-bond acceptors (Lipinski definition) is 2. The van der Waals surface area contributed by atoms with E-state index in [0.29, 0.717) is 28.1 Å². The predicted octanol–water partition coefficient (Wildman–Crippen LogP) is 2.71. The van der Waals surface area contributed by atoms with Crippen molar-refractivity contribution in [3.05, 3.63) is 33.8 Å². The van der Waals surface area contributed by atoms with E-state index in [4.69, 9.17) is 28.9 Å². The highest BCUT2D eigenvalue weighted by Crippen LogP contribution is 2.20. The molecule has 5 heteroatoms. The van der Waals surface area contributed by atoms with Gasteiger partial charge in [-0.25, -0.2) is 0 Å². The Balaban J connectivity index is 2.64. The quantitative estimate of drug-likeness (QED) is 0.887. The summed E-state index contributed by atoms with van der Waals surface area (Å²) in [7, 11) is 0. The summed E-state index contributed by atoms with van der Waals surface area (Å²) < 4.78 is 0.